The van der Waals surface area contributed by atoms with Crippen molar-refractivity contribution in [2.24, 2.45) is 5.92 Å². The third kappa shape index (κ3) is 5.72. The van der Waals surface area contributed by atoms with Crippen molar-refractivity contribution in [2.75, 3.05) is 5.32 Å². The molecular weight excluding hydrogens is 392 g/mol. The molecular formula is C24H28N4O3. The molecule has 0 bridgehead atoms. The molecule has 0 saturated carbocycles. The Kier molecular flexibility index (Phi) is 7.07. The molecule has 0 radical (unpaired) electrons. The van der Waals surface area contributed by atoms with Gasteiger partial charge in [-0.1, -0.05) is 44.2 Å². The van der Waals surface area contributed by atoms with Gasteiger partial charge in [0.25, 0.3) is 5.91 Å². The van der Waals surface area contributed by atoms with E-state index < -0.39 is 17.9 Å². The molecule has 0 saturated heterocycles. The number of aromatic nitrogens is 2. The molecule has 31 heavy (non-hydrogen) atoms. The van der Waals surface area contributed by atoms with Crippen LogP contribution in [-0.2, 0) is 11.3 Å². The Balaban J connectivity index is 1.94. The van der Waals surface area contributed by atoms with Crippen molar-refractivity contribution < 1.29 is 14.7 Å². The van der Waals surface area contributed by atoms with E-state index in [1.807, 2.05) is 57.2 Å². The first-order chi connectivity index (χ1) is 14.8. The summed E-state index contributed by atoms with van der Waals surface area (Å²) in [7, 11) is 0. The van der Waals surface area contributed by atoms with Gasteiger partial charge in [0.15, 0.2) is 0 Å². The van der Waals surface area contributed by atoms with Crippen molar-refractivity contribution in [3.05, 3.63) is 71.8 Å². The predicted molar refractivity (Wildman–Crippen MR) is 121 cm³/mol. The van der Waals surface area contributed by atoms with Gasteiger partial charge in [0.05, 0.1) is 18.6 Å². The summed E-state index contributed by atoms with van der Waals surface area (Å²) in [6, 6.07) is 12.4. The molecule has 0 aliphatic heterocycles. The lowest BCUT2D eigenvalue weighted by Gasteiger charge is -2.19. The number of carbonyl (C=O) groups excluding carboxylic acids is 1. The zero-order valence-corrected chi connectivity index (χ0v) is 18.0. The van der Waals surface area contributed by atoms with Gasteiger partial charge in [-0.15, -0.1) is 0 Å². The number of aliphatic carboxylic acids is 1. The molecule has 7 heteroatoms. The van der Waals surface area contributed by atoms with Gasteiger partial charge in [-0.25, -0.2) is 9.78 Å². The Morgan fingerprint density at radius 2 is 1.90 bits per heavy atom. The summed E-state index contributed by atoms with van der Waals surface area (Å²) in [5.74, 6) is -1.30. The molecule has 1 atom stereocenters. The van der Waals surface area contributed by atoms with Gasteiger partial charge in [-0.3, -0.25) is 4.79 Å². The molecule has 0 spiro atoms. The molecule has 1 aromatic heterocycles. The first-order valence-corrected chi connectivity index (χ1v) is 10.3. The summed E-state index contributed by atoms with van der Waals surface area (Å²) in [4.78, 5) is 31.9. The number of carboxylic acids is 1. The highest BCUT2D eigenvalue weighted by atomic mass is 16.4. The summed E-state index contributed by atoms with van der Waals surface area (Å²) < 4.78 is 0. The van der Waals surface area contributed by atoms with Crippen molar-refractivity contribution in [1.29, 1.82) is 0 Å². The molecule has 0 aliphatic carbocycles. The number of anilines is 1. The number of hydrogen-bond donors (Lipinski definition) is 4. The normalized spacial score (nSPS) is 11.9. The summed E-state index contributed by atoms with van der Waals surface area (Å²) in [6.07, 6.45) is 3.70. The standard InChI is InChI=1S/C24H28N4O3/c1-15(2)10-22(24(30)31)28-23(29)21-11-17(26-13-18-12-25-14-27-18)8-9-20(21)19-7-5-4-6-16(19)3/h4-9,11-12,14-15,22,26H,10,13H2,1-3H3,(H,25,27)(H,28,29)(H,30,31). The van der Waals surface area contributed by atoms with Gasteiger partial charge in [0, 0.05) is 17.4 Å². The maximum absolute atomic E-state index is 13.2. The minimum Gasteiger partial charge on any atom is -0.480 e. The van der Waals surface area contributed by atoms with Crippen molar-refractivity contribution in [2.45, 2.75) is 39.8 Å². The van der Waals surface area contributed by atoms with Crippen molar-refractivity contribution in [1.82, 2.24) is 15.3 Å². The van der Waals surface area contributed by atoms with E-state index in [0.29, 0.717) is 18.5 Å². The second-order valence-corrected chi connectivity index (χ2v) is 8.00. The largest absolute Gasteiger partial charge is 0.480 e. The number of imidazole rings is 1. The number of benzene rings is 2. The Bertz CT molecular complexity index is 1040. The number of carboxylic acid groups (broad SMARTS) is 1. The van der Waals surface area contributed by atoms with E-state index in [2.05, 4.69) is 20.6 Å². The van der Waals surface area contributed by atoms with Gasteiger partial charge in [-0.2, -0.15) is 0 Å². The van der Waals surface area contributed by atoms with Gasteiger partial charge >= 0.3 is 5.97 Å². The summed E-state index contributed by atoms with van der Waals surface area (Å²) in [5.41, 5.74) is 4.83. The van der Waals surface area contributed by atoms with Crippen LogP contribution in [0.3, 0.4) is 0 Å². The van der Waals surface area contributed by atoms with Crippen LogP contribution in [0.25, 0.3) is 11.1 Å². The average molecular weight is 421 g/mol. The molecule has 162 valence electrons. The maximum Gasteiger partial charge on any atom is 0.326 e. The van der Waals surface area contributed by atoms with Crippen LogP contribution in [0.5, 0.6) is 0 Å². The number of aryl methyl sites for hydroxylation is 1. The number of H-pyrrole nitrogens is 1. The third-order valence-corrected chi connectivity index (χ3v) is 5.05. The number of carbonyl (C=O) groups is 2. The Labute approximate surface area is 181 Å². The number of nitrogens with zero attached hydrogens (tertiary/aromatic N) is 1. The molecule has 4 N–H and O–H groups in total. The molecule has 2 aromatic carbocycles. The lowest BCUT2D eigenvalue weighted by molar-refractivity contribution is -0.139. The van der Waals surface area contributed by atoms with Gasteiger partial charge in [0.2, 0.25) is 0 Å². The summed E-state index contributed by atoms with van der Waals surface area (Å²) in [6.45, 7) is 6.37. The van der Waals surface area contributed by atoms with Crippen molar-refractivity contribution in [3.8, 4) is 11.1 Å². The summed E-state index contributed by atoms with van der Waals surface area (Å²) in [5, 5.41) is 15.5. The smallest absolute Gasteiger partial charge is 0.326 e. The highest BCUT2D eigenvalue weighted by Gasteiger charge is 2.24. The van der Waals surface area contributed by atoms with E-state index in [4.69, 9.17) is 0 Å². The minimum absolute atomic E-state index is 0.139. The van der Waals surface area contributed by atoms with Gasteiger partial charge < -0.3 is 20.7 Å². The van der Waals surface area contributed by atoms with Gasteiger partial charge in [0.1, 0.15) is 6.04 Å². The molecule has 3 aromatic rings. The first kappa shape index (κ1) is 22.1. The molecule has 3 rings (SSSR count). The second kappa shape index (κ2) is 9.93. The molecule has 7 nitrogen and oxygen atoms in total. The zero-order chi connectivity index (χ0) is 22.4. The Hall–Kier alpha value is -3.61. The monoisotopic (exact) mass is 420 g/mol. The lowest BCUT2D eigenvalue weighted by atomic mass is 9.94. The molecule has 0 aliphatic rings. The van der Waals surface area contributed by atoms with Crippen LogP contribution >= 0.6 is 0 Å². The van der Waals surface area contributed by atoms with Crippen LogP contribution in [0.15, 0.2) is 55.0 Å². The second-order valence-electron chi connectivity index (χ2n) is 8.00. The molecule has 1 unspecified atom stereocenters. The highest BCUT2D eigenvalue weighted by molar-refractivity contribution is 6.03. The van der Waals surface area contributed by atoms with Crippen LogP contribution in [0, 0.1) is 12.8 Å². The number of rotatable bonds is 9. The van der Waals surface area contributed by atoms with E-state index in [0.717, 1.165) is 28.1 Å². The van der Waals surface area contributed by atoms with Crippen LogP contribution in [0.2, 0.25) is 0 Å². The predicted octanol–water partition coefficient (Wildman–Crippen LogP) is 4.23. The van der Waals surface area contributed by atoms with Crippen LogP contribution in [0.1, 0.15) is 41.9 Å². The molecule has 0 fully saturated rings. The van der Waals surface area contributed by atoms with Crippen LogP contribution in [-0.4, -0.2) is 33.0 Å². The minimum atomic E-state index is -1.03. The van der Waals surface area contributed by atoms with E-state index in [9.17, 15) is 14.7 Å². The fraction of sp³-hybridized carbons (Fsp3) is 0.292. The van der Waals surface area contributed by atoms with Crippen LogP contribution < -0.4 is 10.6 Å². The lowest BCUT2D eigenvalue weighted by Crippen LogP contribution is -2.41. The topological polar surface area (TPSA) is 107 Å². The number of amides is 1. The van der Waals surface area contributed by atoms with E-state index in [1.165, 1.54) is 0 Å². The number of nitrogens with one attached hydrogen (secondary N) is 3. The molecule has 1 heterocycles. The fourth-order valence-corrected chi connectivity index (χ4v) is 3.46. The van der Waals surface area contributed by atoms with E-state index >= 15 is 0 Å². The van der Waals surface area contributed by atoms with E-state index in [1.54, 1.807) is 18.6 Å². The maximum atomic E-state index is 13.2. The first-order valence-electron chi connectivity index (χ1n) is 10.3. The third-order valence-electron chi connectivity index (χ3n) is 5.05. The van der Waals surface area contributed by atoms with Crippen molar-refractivity contribution >= 4 is 17.6 Å². The van der Waals surface area contributed by atoms with Crippen LogP contribution in [0.4, 0.5) is 5.69 Å². The Morgan fingerprint density at radius 3 is 2.55 bits per heavy atom. The summed E-state index contributed by atoms with van der Waals surface area (Å²) >= 11 is 0. The zero-order valence-electron chi connectivity index (χ0n) is 18.0. The highest BCUT2D eigenvalue weighted by Crippen LogP contribution is 2.29. The molecule has 1 amide bonds. The van der Waals surface area contributed by atoms with Gasteiger partial charge in [-0.05, 0) is 48.1 Å². The number of aromatic amines is 1. The number of hydrogen-bond acceptors (Lipinski definition) is 4. The average Bonchev–Trinajstić information content (AvgIpc) is 3.25. The Morgan fingerprint density at radius 1 is 1.13 bits per heavy atom. The quantitative estimate of drug-likeness (QED) is 0.414. The SMILES string of the molecule is Cc1ccccc1-c1ccc(NCc2cnc[nH]2)cc1C(=O)NC(CC(C)C)C(=O)O. The fourth-order valence-electron chi connectivity index (χ4n) is 3.46. The van der Waals surface area contributed by atoms with E-state index in [-0.39, 0.29) is 5.92 Å². The van der Waals surface area contributed by atoms with Crippen molar-refractivity contribution in [3.63, 3.8) is 0 Å².